The molecular formula is C15H19N3O2S. The smallest absolute Gasteiger partial charge is 0.240 e. The van der Waals surface area contributed by atoms with Crippen molar-refractivity contribution in [3.05, 3.63) is 24.3 Å². The van der Waals surface area contributed by atoms with Crippen molar-refractivity contribution in [2.45, 2.75) is 26.1 Å². The van der Waals surface area contributed by atoms with E-state index in [9.17, 15) is 4.79 Å². The van der Waals surface area contributed by atoms with Crippen LogP contribution < -0.4 is 5.32 Å². The van der Waals surface area contributed by atoms with Crippen LogP contribution in [0.15, 0.2) is 24.3 Å². The van der Waals surface area contributed by atoms with Gasteiger partial charge in [0, 0.05) is 13.1 Å². The van der Waals surface area contributed by atoms with Gasteiger partial charge in [0.25, 0.3) is 0 Å². The van der Waals surface area contributed by atoms with Gasteiger partial charge in [-0.05, 0) is 26.0 Å². The van der Waals surface area contributed by atoms with Crippen molar-refractivity contribution in [3.63, 3.8) is 0 Å². The van der Waals surface area contributed by atoms with Crippen LogP contribution in [-0.4, -0.2) is 47.6 Å². The molecule has 0 radical (unpaired) electrons. The van der Waals surface area contributed by atoms with Crippen molar-refractivity contribution in [2.24, 2.45) is 0 Å². The van der Waals surface area contributed by atoms with Gasteiger partial charge in [0.05, 0.1) is 29.0 Å². The number of thiazole rings is 1. The first-order valence-electron chi connectivity index (χ1n) is 7.13. The normalized spacial score (nSPS) is 23.3. The first kappa shape index (κ1) is 14.4. The lowest BCUT2D eigenvalue weighted by Gasteiger charge is -2.34. The summed E-state index contributed by atoms with van der Waals surface area (Å²) in [6.07, 6.45) is 0.341. The molecule has 2 atom stereocenters. The van der Waals surface area contributed by atoms with E-state index in [4.69, 9.17) is 4.74 Å². The molecule has 0 saturated carbocycles. The molecule has 5 nitrogen and oxygen atoms in total. The fraction of sp³-hybridized carbons (Fsp3) is 0.467. The Labute approximate surface area is 127 Å². The first-order valence-corrected chi connectivity index (χ1v) is 7.95. The molecule has 1 N–H and O–H groups in total. The van der Waals surface area contributed by atoms with Gasteiger partial charge >= 0.3 is 0 Å². The van der Waals surface area contributed by atoms with Gasteiger partial charge in [-0.2, -0.15) is 0 Å². The Bertz CT molecular complexity index is 600. The maximum absolute atomic E-state index is 12.1. The van der Waals surface area contributed by atoms with Crippen LogP contribution in [0, 0.1) is 0 Å². The molecule has 0 spiro atoms. The van der Waals surface area contributed by atoms with Crippen molar-refractivity contribution < 1.29 is 9.53 Å². The van der Waals surface area contributed by atoms with Gasteiger partial charge in [0.15, 0.2) is 5.13 Å². The van der Waals surface area contributed by atoms with Crippen molar-refractivity contribution in [2.75, 3.05) is 25.0 Å². The number of anilines is 1. The van der Waals surface area contributed by atoms with Gasteiger partial charge < -0.3 is 10.1 Å². The third-order valence-electron chi connectivity index (χ3n) is 3.40. The minimum atomic E-state index is -0.0182. The van der Waals surface area contributed by atoms with E-state index in [0.29, 0.717) is 11.7 Å². The third kappa shape index (κ3) is 3.58. The van der Waals surface area contributed by atoms with Gasteiger partial charge in [-0.1, -0.05) is 23.5 Å². The Morgan fingerprint density at radius 1 is 1.38 bits per heavy atom. The Hall–Kier alpha value is -1.50. The molecule has 2 heterocycles. The molecule has 0 bridgehead atoms. The molecule has 1 amide bonds. The van der Waals surface area contributed by atoms with Crippen LogP contribution in [0.5, 0.6) is 0 Å². The number of hydrogen-bond donors (Lipinski definition) is 1. The molecule has 0 aliphatic carbocycles. The first-order chi connectivity index (χ1) is 10.1. The topological polar surface area (TPSA) is 54.5 Å². The number of nitrogens with zero attached hydrogens (tertiary/aromatic N) is 2. The number of carbonyl (C=O) groups is 1. The molecule has 1 aromatic carbocycles. The Morgan fingerprint density at radius 3 is 2.81 bits per heavy atom. The van der Waals surface area contributed by atoms with E-state index in [1.807, 2.05) is 38.1 Å². The van der Waals surface area contributed by atoms with Crippen LogP contribution >= 0.6 is 11.3 Å². The Balaban J connectivity index is 1.61. The summed E-state index contributed by atoms with van der Waals surface area (Å²) in [7, 11) is 0. The average Bonchev–Trinajstić information content (AvgIpc) is 2.78. The van der Waals surface area contributed by atoms with E-state index in [2.05, 4.69) is 15.2 Å². The molecule has 1 aliphatic rings. The van der Waals surface area contributed by atoms with Crippen LogP contribution in [0.1, 0.15) is 13.8 Å². The standard InChI is InChI=1S/C15H19N3O2S/c1-10-7-18(8-11(2)20-10)9-14(19)17-15-16-12-5-3-4-6-13(12)21-15/h3-6,10-11H,7-9H2,1-2H3,(H,16,17,19)/t10-,11-/m1/s1. The lowest BCUT2D eigenvalue weighted by Crippen LogP contribution is -2.48. The van der Waals surface area contributed by atoms with E-state index >= 15 is 0 Å². The number of nitrogens with one attached hydrogen (secondary N) is 1. The zero-order valence-electron chi connectivity index (χ0n) is 12.2. The molecule has 0 unspecified atom stereocenters. The van der Waals surface area contributed by atoms with Gasteiger partial charge in [-0.3, -0.25) is 9.69 Å². The number of para-hydroxylation sites is 1. The maximum Gasteiger partial charge on any atom is 0.240 e. The van der Waals surface area contributed by atoms with Gasteiger partial charge in [0.2, 0.25) is 5.91 Å². The number of benzene rings is 1. The van der Waals surface area contributed by atoms with Crippen molar-refractivity contribution in [3.8, 4) is 0 Å². The number of morpholine rings is 1. The predicted octanol–water partition coefficient (Wildman–Crippen LogP) is 2.34. The summed E-state index contributed by atoms with van der Waals surface area (Å²) >= 11 is 1.50. The summed E-state index contributed by atoms with van der Waals surface area (Å²) in [6, 6.07) is 7.88. The van der Waals surface area contributed by atoms with Crippen molar-refractivity contribution in [1.29, 1.82) is 0 Å². The number of rotatable bonds is 3. The average molecular weight is 305 g/mol. The third-order valence-corrected chi connectivity index (χ3v) is 4.35. The molecule has 2 aromatic rings. The van der Waals surface area contributed by atoms with Crippen LogP contribution in [0.3, 0.4) is 0 Å². The summed E-state index contributed by atoms with van der Waals surface area (Å²) < 4.78 is 6.76. The van der Waals surface area contributed by atoms with E-state index in [1.165, 1.54) is 11.3 Å². The van der Waals surface area contributed by atoms with Crippen LogP contribution in [0.2, 0.25) is 0 Å². The molecule has 6 heteroatoms. The van der Waals surface area contributed by atoms with E-state index in [1.54, 1.807) is 0 Å². The highest BCUT2D eigenvalue weighted by atomic mass is 32.1. The molecule has 1 saturated heterocycles. The predicted molar refractivity (Wildman–Crippen MR) is 84.7 cm³/mol. The summed E-state index contributed by atoms with van der Waals surface area (Å²) in [4.78, 5) is 18.7. The van der Waals surface area contributed by atoms with Crippen molar-refractivity contribution >= 4 is 32.6 Å². The monoisotopic (exact) mass is 305 g/mol. The number of ether oxygens (including phenoxy) is 1. The van der Waals surface area contributed by atoms with Crippen LogP contribution in [0.25, 0.3) is 10.2 Å². The number of hydrogen-bond acceptors (Lipinski definition) is 5. The summed E-state index contributed by atoms with van der Waals surface area (Å²) in [5.74, 6) is -0.0182. The number of fused-ring (bicyclic) bond motifs is 1. The highest BCUT2D eigenvalue weighted by Gasteiger charge is 2.23. The second-order valence-corrected chi connectivity index (χ2v) is 6.52. The molecule has 21 heavy (non-hydrogen) atoms. The van der Waals surface area contributed by atoms with Gasteiger partial charge in [0.1, 0.15) is 0 Å². The number of aromatic nitrogens is 1. The van der Waals surface area contributed by atoms with Gasteiger partial charge in [-0.25, -0.2) is 4.98 Å². The Morgan fingerprint density at radius 2 is 2.10 bits per heavy atom. The summed E-state index contributed by atoms with van der Waals surface area (Å²) in [5.41, 5.74) is 0.923. The maximum atomic E-state index is 12.1. The number of carbonyl (C=O) groups excluding carboxylic acids is 1. The SMILES string of the molecule is C[C@@H]1CN(CC(=O)Nc2nc3ccccc3s2)C[C@@H](C)O1. The van der Waals surface area contributed by atoms with Crippen LogP contribution in [-0.2, 0) is 9.53 Å². The van der Waals surface area contributed by atoms with E-state index < -0.39 is 0 Å². The highest BCUT2D eigenvalue weighted by Crippen LogP contribution is 2.25. The molecule has 1 aromatic heterocycles. The Kier molecular flexibility index (Phi) is 4.19. The molecule has 112 valence electrons. The second kappa shape index (κ2) is 6.09. The quantitative estimate of drug-likeness (QED) is 0.946. The summed E-state index contributed by atoms with van der Waals surface area (Å²) in [5, 5.41) is 3.56. The fourth-order valence-electron chi connectivity index (χ4n) is 2.70. The lowest BCUT2D eigenvalue weighted by molar-refractivity contribution is -0.121. The van der Waals surface area contributed by atoms with E-state index in [-0.39, 0.29) is 18.1 Å². The molecule has 3 rings (SSSR count). The number of amides is 1. The minimum absolute atomic E-state index is 0.0182. The van der Waals surface area contributed by atoms with Crippen LogP contribution in [0.4, 0.5) is 5.13 Å². The summed E-state index contributed by atoms with van der Waals surface area (Å²) in [6.45, 7) is 6.03. The highest BCUT2D eigenvalue weighted by molar-refractivity contribution is 7.22. The lowest BCUT2D eigenvalue weighted by atomic mass is 10.2. The van der Waals surface area contributed by atoms with Crippen molar-refractivity contribution in [1.82, 2.24) is 9.88 Å². The molecule has 1 fully saturated rings. The largest absolute Gasteiger partial charge is 0.373 e. The second-order valence-electron chi connectivity index (χ2n) is 5.49. The fourth-order valence-corrected chi connectivity index (χ4v) is 3.58. The molecule has 1 aliphatic heterocycles. The zero-order chi connectivity index (χ0) is 14.8. The van der Waals surface area contributed by atoms with E-state index in [0.717, 1.165) is 23.3 Å². The van der Waals surface area contributed by atoms with Gasteiger partial charge in [-0.15, -0.1) is 0 Å². The zero-order valence-corrected chi connectivity index (χ0v) is 13.0. The minimum Gasteiger partial charge on any atom is -0.373 e. The molecular weight excluding hydrogens is 286 g/mol.